The van der Waals surface area contributed by atoms with Crippen molar-refractivity contribution in [2.45, 2.75) is 38.1 Å². The maximum Gasteiger partial charge on any atom is 0.134 e. The highest BCUT2D eigenvalue weighted by molar-refractivity contribution is 5.82. The Morgan fingerprint density at radius 1 is 1.20 bits per heavy atom. The summed E-state index contributed by atoms with van der Waals surface area (Å²) < 4.78 is 17.0. The fourth-order valence-electron chi connectivity index (χ4n) is 2.49. The highest BCUT2D eigenvalue weighted by Crippen LogP contribution is 2.28. The summed E-state index contributed by atoms with van der Waals surface area (Å²) in [4.78, 5) is 0. The molecule has 1 saturated carbocycles. The van der Waals surface area contributed by atoms with Crippen molar-refractivity contribution in [3.8, 4) is 0 Å². The van der Waals surface area contributed by atoms with Gasteiger partial charge in [0.25, 0.3) is 0 Å². The van der Waals surface area contributed by atoms with E-state index < -0.39 is 0 Å². The number of fused-ring (bicyclic) bond motifs is 1. The molecule has 0 amide bonds. The van der Waals surface area contributed by atoms with E-state index in [2.05, 4.69) is 11.4 Å². The SMILES string of the molecule is c1ccc2c(COC3COC3)c(CNC3CC3)oc2c1. The van der Waals surface area contributed by atoms with Crippen LogP contribution in [0.15, 0.2) is 28.7 Å². The molecule has 20 heavy (non-hydrogen) atoms. The second kappa shape index (κ2) is 5.20. The molecule has 0 spiro atoms. The average molecular weight is 273 g/mol. The average Bonchev–Trinajstić information content (AvgIpc) is 3.17. The van der Waals surface area contributed by atoms with Crippen LogP contribution in [0.4, 0.5) is 0 Å². The van der Waals surface area contributed by atoms with Gasteiger partial charge in [-0.15, -0.1) is 0 Å². The summed E-state index contributed by atoms with van der Waals surface area (Å²) in [5.41, 5.74) is 2.13. The van der Waals surface area contributed by atoms with Crippen molar-refractivity contribution in [2.75, 3.05) is 13.2 Å². The summed E-state index contributed by atoms with van der Waals surface area (Å²) >= 11 is 0. The third-order valence-electron chi connectivity index (χ3n) is 3.98. The number of benzene rings is 1. The predicted molar refractivity (Wildman–Crippen MR) is 75.5 cm³/mol. The summed E-state index contributed by atoms with van der Waals surface area (Å²) in [5, 5.41) is 4.68. The van der Waals surface area contributed by atoms with E-state index in [0.29, 0.717) is 25.9 Å². The molecule has 0 unspecified atom stereocenters. The van der Waals surface area contributed by atoms with Gasteiger partial charge in [0.15, 0.2) is 0 Å². The van der Waals surface area contributed by atoms with Crippen molar-refractivity contribution in [3.05, 3.63) is 35.6 Å². The molecular weight excluding hydrogens is 254 g/mol. The van der Waals surface area contributed by atoms with Crippen molar-refractivity contribution < 1.29 is 13.9 Å². The molecule has 1 aromatic carbocycles. The van der Waals surface area contributed by atoms with Gasteiger partial charge in [0.05, 0.1) is 26.4 Å². The highest BCUT2D eigenvalue weighted by atomic mass is 16.6. The van der Waals surface area contributed by atoms with Crippen LogP contribution >= 0.6 is 0 Å². The van der Waals surface area contributed by atoms with E-state index in [1.54, 1.807) is 0 Å². The number of para-hydroxylation sites is 1. The van der Waals surface area contributed by atoms with Gasteiger partial charge in [-0.3, -0.25) is 0 Å². The minimum atomic E-state index is 0.243. The van der Waals surface area contributed by atoms with E-state index in [-0.39, 0.29) is 6.10 Å². The molecule has 106 valence electrons. The molecule has 0 atom stereocenters. The van der Waals surface area contributed by atoms with Crippen molar-refractivity contribution >= 4 is 11.0 Å². The second-order valence-corrected chi connectivity index (χ2v) is 5.63. The standard InChI is InChI=1S/C16H19NO3/c1-2-4-15-13(3-1)14(10-19-12-8-18-9-12)16(20-15)7-17-11-5-6-11/h1-4,11-12,17H,5-10H2. The van der Waals surface area contributed by atoms with Gasteiger partial charge < -0.3 is 19.2 Å². The van der Waals surface area contributed by atoms with Crippen LogP contribution in [0, 0.1) is 0 Å². The minimum absolute atomic E-state index is 0.243. The number of ether oxygens (including phenoxy) is 2. The Hall–Kier alpha value is -1.36. The first-order valence-electron chi connectivity index (χ1n) is 7.32. The van der Waals surface area contributed by atoms with E-state index in [0.717, 1.165) is 17.9 Å². The zero-order valence-corrected chi connectivity index (χ0v) is 11.4. The number of furan rings is 1. The molecule has 2 aliphatic rings. The van der Waals surface area contributed by atoms with Gasteiger partial charge in [-0.2, -0.15) is 0 Å². The smallest absolute Gasteiger partial charge is 0.134 e. The second-order valence-electron chi connectivity index (χ2n) is 5.63. The van der Waals surface area contributed by atoms with Crippen LogP contribution in [0.2, 0.25) is 0 Å². The Bertz CT molecular complexity index is 599. The summed E-state index contributed by atoms with van der Waals surface area (Å²) in [7, 11) is 0. The molecule has 1 aliphatic heterocycles. The van der Waals surface area contributed by atoms with Gasteiger partial charge in [0, 0.05) is 17.0 Å². The van der Waals surface area contributed by atoms with Crippen LogP contribution in [0.1, 0.15) is 24.2 Å². The van der Waals surface area contributed by atoms with E-state index >= 15 is 0 Å². The Morgan fingerprint density at radius 2 is 2.05 bits per heavy atom. The monoisotopic (exact) mass is 273 g/mol. The van der Waals surface area contributed by atoms with Gasteiger partial charge in [0.2, 0.25) is 0 Å². The first-order chi connectivity index (χ1) is 9.90. The third-order valence-corrected chi connectivity index (χ3v) is 3.98. The highest BCUT2D eigenvalue weighted by Gasteiger charge is 2.24. The lowest BCUT2D eigenvalue weighted by Crippen LogP contribution is -2.35. The fraction of sp³-hybridized carbons (Fsp3) is 0.500. The summed E-state index contributed by atoms with van der Waals surface area (Å²) in [6.07, 6.45) is 2.81. The Labute approximate surface area is 118 Å². The minimum Gasteiger partial charge on any atom is -0.459 e. The maximum absolute atomic E-state index is 5.99. The molecule has 1 saturated heterocycles. The fourth-order valence-corrected chi connectivity index (χ4v) is 2.49. The normalized spacial score (nSPS) is 19.4. The van der Waals surface area contributed by atoms with Crippen molar-refractivity contribution in [2.24, 2.45) is 0 Å². The molecule has 4 heteroatoms. The summed E-state index contributed by atoms with van der Waals surface area (Å²) in [6, 6.07) is 8.86. The van der Waals surface area contributed by atoms with E-state index in [1.807, 2.05) is 18.2 Å². The van der Waals surface area contributed by atoms with Gasteiger partial charge in [-0.05, 0) is 18.9 Å². The lowest BCUT2D eigenvalue weighted by atomic mass is 10.1. The molecule has 1 aromatic heterocycles. The zero-order chi connectivity index (χ0) is 13.4. The maximum atomic E-state index is 5.99. The van der Waals surface area contributed by atoms with E-state index in [4.69, 9.17) is 13.9 Å². The lowest BCUT2D eigenvalue weighted by molar-refractivity contribution is -0.135. The van der Waals surface area contributed by atoms with Crippen LogP contribution in [-0.4, -0.2) is 25.4 Å². The number of hydrogen-bond donors (Lipinski definition) is 1. The van der Waals surface area contributed by atoms with E-state index in [9.17, 15) is 0 Å². The molecule has 0 bridgehead atoms. The number of rotatable bonds is 6. The van der Waals surface area contributed by atoms with Crippen LogP contribution in [-0.2, 0) is 22.6 Å². The van der Waals surface area contributed by atoms with Crippen molar-refractivity contribution in [1.29, 1.82) is 0 Å². The zero-order valence-electron chi connectivity index (χ0n) is 11.4. The van der Waals surface area contributed by atoms with Gasteiger partial charge in [-0.1, -0.05) is 18.2 Å². The van der Waals surface area contributed by atoms with Crippen LogP contribution in [0.25, 0.3) is 11.0 Å². The molecule has 2 fully saturated rings. The lowest BCUT2D eigenvalue weighted by Gasteiger charge is -2.26. The molecule has 0 radical (unpaired) electrons. The molecule has 4 rings (SSSR count). The first-order valence-corrected chi connectivity index (χ1v) is 7.32. The van der Waals surface area contributed by atoms with Gasteiger partial charge >= 0.3 is 0 Å². The Kier molecular flexibility index (Phi) is 3.22. The Morgan fingerprint density at radius 3 is 2.80 bits per heavy atom. The topological polar surface area (TPSA) is 43.6 Å². The largest absolute Gasteiger partial charge is 0.459 e. The first kappa shape index (κ1) is 12.4. The molecule has 1 N–H and O–H groups in total. The van der Waals surface area contributed by atoms with Crippen LogP contribution < -0.4 is 5.32 Å². The number of nitrogens with one attached hydrogen (secondary N) is 1. The van der Waals surface area contributed by atoms with Crippen LogP contribution in [0.5, 0.6) is 0 Å². The number of hydrogen-bond acceptors (Lipinski definition) is 4. The Balaban J connectivity index is 1.56. The summed E-state index contributed by atoms with van der Waals surface area (Å²) in [6.45, 7) is 2.82. The van der Waals surface area contributed by atoms with E-state index in [1.165, 1.54) is 23.8 Å². The van der Waals surface area contributed by atoms with Crippen molar-refractivity contribution in [1.82, 2.24) is 5.32 Å². The molecule has 1 aliphatic carbocycles. The molecule has 4 nitrogen and oxygen atoms in total. The van der Waals surface area contributed by atoms with Gasteiger partial charge in [-0.25, -0.2) is 0 Å². The van der Waals surface area contributed by atoms with Crippen LogP contribution in [0.3, 0.4) is 0 Å². The summed E-state index contributed by atoms with van der Waals surface area (Å²) in [5.74, 6) is 1.01. The molecular formula is C16H19NO3. The van der Waals surface area contributed by atoms with Crippen molar-refractivity contribution in [3.63, 3.8) is 0 Å². The van der Waals surface area contributed by atoms with Gasteiger partial charge in [0.1, 0.15) is 17.4 Å². The quantitative estimate of drug-likeness (QED) is 0.878. The molecule has 2 heterocycles. The predicted octanol–water partition coefficient (Wildman–Crippen LogP) is 2.60. The third kappa shape index (κ3) is 2.46. The molecule has 2 aromatic rings.